The third-order valence-electron chi connectivity index (χ3n) is 28.6. The lowest BCUT2D eigenvalue weighted by molar-refractivity contribution is 0.662. The van der Waals surface area contributed by atoms with Crippen molar-refractivity contribution in [3.63, 3.8) is 0 Å². The van der Waals surface area contributed by atoms with Gasteiger partial charge in [-0.05, 0) is 230 Å². The summed E-state index contributed by atoms with van der Waals surface area (Å²) in [6, 6.07) is 161. The smallest absolute Gasteiger partial charge is 0.0976 e. The summed E-state index contributed by atoms with van der Waals surface area (Å²) in [7, 11) is 0. The molecule has 0 bridgehead atoms. The summed E-state index contributed by atoms with van der Waals surface area (Å²) in [5, 5.41) is 21.8. The largest absolute Gasteiger partial charge is 0.309 e. The van der Waals surface area contributed by atoms with Crippen LogP contribution in [0.15, 0.2) is 443 Å². The SMILES string of the molecule is CC1(C)c2ccccc2-c2cccc(-c3nc4ccccc4nc3-c3ccc4c(-n5c6ccccc6c6cc7cc(-n8c9ccccc9c9ccccc98)ccc7cc65)cccc4c3)c21.c1ccc(-n2c3ccccc3c3cc(-c4nc5ccccc5nc4-c4ccc5cc(-n6c7ccccc7c7cc8cc(-n9c%10ccccc%10c%10ccccc%109)ccc8cc76)ccc5c4)ccc32)cc1. The van der Waals surface area contributed by atoms with Crippen molar-refractivity contribution in [1.29, 1.82) is 0 Å². The van der Waals surface area contributed by atoms with E-state index in [0.29, 0.717) is 0 Å². The Hall–Kier alpha value is -17.7. The molecular formula is C125H79N9. The van der Waals surface area contributed by atoms with Gasteiger partial charge in [-0.2, -0.15) is 0 Å². The van der Waals surface area contributed by atoms with E-state index in [0.717, 1.165) is 117 Å². The highest BCUT2D eigenvalue weighted by Gasteiger charge is 2.39. The first-order valence-electron chi connectivity index (χ1n) is 46.1. The number of rotatable bonds is 9. The van der Waals surface area contributed by atoms with Crippen LogP contribution in [0.3, 0.4) is 0 Å². The highest BCUT2D eigenvalue weighted by atomic mass is 15.0. The molecule has 7 aromatic heterocycles. The zero-order chi connectivity index (χ0) is 88.1. The molecule has 0 saturated heterocycles. The summed E-state index contributed by atoms with van der Waals surface area (Å²) in [6.07, 6.45) is 0. The molecule has 1 aliphatic rings. The minimum atomic E-state index is -0.201. The normalized spacial score (nSPS) is 12.6. The van der Waals surface area contributed by atoms with Crippen molar-refractivity contribution in [3.8, 4) is 84.6 Å². The highest BCUT2D eigenvalue weighted by Crippen LogP contribution is 2.54. The molecule has 1 aliphatic carbocycles. The standard InChI is InChI=1S/C64H39N5.C61H40N4/c1-2-14-46(15-3-1)67-59-24-12-6-18-51(59)53-37-44(30-33-61(53)67)64-63(65-55-20-8-9-21-56(55)66-64)43-27-26-41-35-47(31-28-40(41)34-43)69-60-25-13-7-19-52(60)54-38-45-36-48(32-29-42(45)39-62(54)69)68-57-22-10-4-16-49(57)50-17-5-11-23-58(50)68;1-61(2)50-22-7-3-16-43(50)47-20-14-21-48(58(47)61)60-59(62-51-23-8-9-24-52(51)63-60)39-30-32-42-38(33-39)15-13-28-53(42)65-56-27-12-6-19-46(56)49-35-40-34-41(31-29-37(40)36-57(49)65)64-54-25-10-4-17-44(54)45-18-5-11-26-55(45)64/h1-39H;3-36H,1-2H3. The summed E-state index contributed by atoms with van der Waals surface area (Å²) in [6.45, 7) is 4.68. The monoisotopic (exact) mass is 1710 g/mol. The van der Waals surface area contributed by atoms with Crippen LogP contribution in [0.2, 0.25) is 0 Å². The average molecular weight is 1710 g/mol. The van der Waals surface area contributed by atoms with E-state index in [1.807, 2.05) is 18.2 Å². The molecule has 624 valence electrons. The molecule has 0 saturated carbocycles. The van der Waals surface area contributed by atoms with E-state index in [1.54, 1.807) is 0 Å². The van der Waals surface area contributed by atoms with Crippen molar-refractivity contribution < 1.29 is 0 Å². The van der Waals surface area contributed by atoms with Gasteiger partial charge in [-0.15, -0.1) is 0 Å². The first kappa shape index (κ1) is 75.3. The molecule has 7 heterocycles. The van der Waals surface area contributed by atoms with Crippen LogP contribution in [0.4, 0.5) is 0 Å². The number of hydrogen-bond donors (Lipinski definition) is 0. The van der Waals surface area contributed by atoms with Crippen LogP contribution < -0.4 is 0 Å². The topological polar surface area (TPSA) is 76.2 Å². The van der Waals surface area contributed by atoms with E-state index < -0.39 is 0 Å². The van der Waals surface area contributed by atoms with Gasteiger partial charge in [-0.25, -0.2) is 19.9 Å². The van der Waals surface area contributed by atoms with Crippen molar-refractivity contribution >= 4 is 174 Å². The Morgan fingerprint density at radius 1 is 0.179 bits per heavy atom. The number of fused-ring (bicyclic) bond motifs is 24. The molecule has 0 N–H and O–H groups in total. The Bertz CT molecular complexity index is 9800. The zero-order valence-electron chi connectivity index (χ0n) is 73.2. The summed E-state index contributed by atoms with van der Waals surface area (Å²) in [4.78, 5) is 21.6. The summed E-state index contributed by atoms with van der Waals surface area (Å²) in [5.41, 5.74) is 33.9. The van der Waals surface area contributed by atoms with Crippen LogP contribution in [-0.4, -0.2) is 42.8 Å². The zero-order valence-corrected chi connectivity index (χ0v) is 73.2. The maximum Gasteiger partial charge on any atom is 0.0976 e. The van der Waals surface area contributed by atoms with Gasteiger partial charge < -0.3 is 22.8 Å². The van der Waals surface area contributed by atoms with E-state index in [4.69, 9.17) is 19.9 Å². The number of nitrogens with zero attached hydrogens (tertiary/aromatic N) is 9. The van der Waals surface area contributed by atoms with Crippen molar-refractivity contribution in [2.24, 2.45) is 0 Å². The van der Waals surface area contributed by atoms with E-state index in [9.17, 15) is 0 Å². The van der Waals surface area contributed by atoms with Gasteiger partial charge in [0, 0.05) is 110 Å². The van der Waals surface area contributed by atoms with Gasteiger partial charge in [0.2, 0.25) is 0 Å². The Labute approximate surface area is 769 Å². The molecule has 0 atom stereocenters. The lowest BCUT2D eigenvalue weighted by atomic mass is 9.79. The molecule has 9 heteroatoms. The van der Waals surface area contributed by atoms with Crippen LogP contribution in [-0.2, 0) is 5.41 Å². The van der Waals surface area contributed by atoms with E-state index in [1.165, 1.54) is 153 Å². The van der Waals surface area contributed by atoms with Gasteiger partial charge in [-0.3, -0.25) is 0 Å². The van der Waals surface area contributed by atoms with E-state index >= 15 is 0 Å². The molecule has 0 aliphatic heterocycles. The molecular weight excluding hydrogens is 1630 g/mol. The lowest BCUT2D eigenvalue weighted by Crippen LogP contribution is -2.16. The number of aromatic nitrogens is 9. The van der Waals surface area contributed by atoms with Gasteiger partial charge >= 0.3 is 0 Å². The third-order valence-corrected chi connectivity index (χ3v) is 28.6. The number of benzene rings is 21. The summed E-state index contributed by atoms with van der Waals surface area (Å²) < 4.78 is 12.0. The molecule has 28 aromatic rings. The lowest BCUT2D eigenvalue weighted by Gasteiger charge is -2.25. The predicted molar refractivity (Wildman–Crippen MR) is 560 cm³/mol. The average Bonchev–Trinajstić information content (AvgIpc) is 1.56. The molecule has 0 unspecified atom stereocenters. The van der Waals surface area contributed by atoms with Crippen LogP contribution in [0, 0.1) is 0 Å². The van der Waals surface area contributed by atoms with Gasteiger partial charge in [0.05, 0.1) is 106 Å². The van der Waals surface area contributed by atoms with Gasteiger partial charge in [0.1, 0.15) is 0 Å². The second-order valence-electron chi connectivity index (χ2n) is 36.3. The molecule has 9 nitrogen and oxygen atoms in total. The minimum absolute atomic E-state index is 0.201. The van der Waals surface area contributed by atoms with Gasteiger partial charge in [-0.1, -0.05) is 287 Å². The fourth-order valence-corrected chi connectivity index (χ4v) is 22.6. The quantitative estimate of drug-likeness (QED) is 0.144. The van der Waals surface area contributed by atoms with Gasteiger partial charge in [0.25, 0.3) is 0 Å². The van der Waals surface area contributed by atoms with Crippen LogP contribution in [0.5, 0.6) is 0 Å². The number of para-hydroxylation sites is 12. The summed E-state index contributed by atoms with van der Waals surface area (Å²) in [5.74, 6) is 0. The number of hydrogen-bond acceptors (Lipinski definition) is 4. The van der Waals surface area contributed by atoms with E-state index in [-0.39, 0.29) is 5.41 Å². The van der Waals surface area contributed by atoms with Crippen molar-refractivity contribution in [2.45, 2.75) is 19.3 Å². The molecule has 0 spiro atoms. The van der Waals surface area contributed by atoms with Crippen LogP contribution in [0.1, 0.15) is 25.0 Å². The fraction of sp³-hybridized carbons (Fsp3) is 0.0240. The highest BCUT2D eigenvalue weighted by molar-refractivity contribution is 6.19. The molecule has 0 radical (unpaired) electrons. The Morgan fingerprint density at radius 2 is 0.515 bits per heavy atom. The first-order chi connectivity index (χ1) is 66.2. The third kappa shape index (κ3) is 11.4. The van der Waals surface area contributed by atoms with Crippen molar-refractivity contribution in [3.05, 3.63) is 454 Å². The molecule has 29 rings (SSSR count). The summed E-state index contributed by atoms with van der Waals surface area (Å²) >= 11 is 0. The second-order valence-corrected chi connectivity index (χ2v) is 36.3. The Kier molecular flexibility index (Phi) is 16.4. The fourth-order valence-electron chi connectivity index (χ4n) is 22.6. The Morgan fingerprint density at radius 3 is 1.04 bits per heavy atom. The van der Waals surface area contributed by atoms with Crippen LogP contribution >= 0.6 is 0 Å². The maximum absolute atomic E-state index is 5.44. The molecule has 0 fully saturated rings. The van der Waals surface area contributed by atoms with Crippen LogP contribution in [0.25, 0.3) is 259 Å². The van der Waals surface area contributed by atoms with Crippen molar-refractivity contribution in [1.82, 2.24) is 42.8 Å². The Balaban J connectivity index is 0.000000134. The van der Waals surface area contributed by atoms with E-state index in [2.05, 4.69) is 461 Å². The predicted octanol–water partition coefficient (Wildman–Crippen LogP) is 32.3. The van der Waals surface area contributed by atoms with Crippen molar-refractivity contribution in [2.75, 3.05) is 0 Å². The second kappa shape index (κ2) is 29.2. The molecule has 134 heavy (non-hydrogen) atoms. The minimum Gasteiger partial charge on any atom is -0.309 e. The molecule has 0 amide bonds. The first-order valence-corrected chi connectivity index (χ1v) is 46.1. The molecule has 21 aromatic carbocycles. The van der Waals surface area contributed by atoms with Gasteiger partial charge in [0.15, 0.2) is 0 Å². The maximum atomic E-state index is 5.44.